The predicted octanol–water partition coefficient (Wildman–Crippen LogP) is 4.13. The average molecular weight is 299 g/mol. The van der Waals surface area contributed by atoms with Gasteiger partial charge in [-0.25, -0.2) is 4.98 Å². The van der Waals surface area contributed by atoms with Gasteiger partial charge in [0.25, 0.3) is 0 Å². The summed E-state index contributed by atoms with van der Waals surface area (Å²) in [4.78, 5) is 15.5. The molecule has 0 bridgehead atoms. The number of anilines is 1. The molecule has 4 nitrogen and oxygen atoms in total. The summed E-state index contributed by atoms with van der Waals surface area (Å²) in [5, 5.41) is 3.55. The highest BCUT2D eigenvalue weighted by molar-refractivity contribution is 6.33. The van der Waals surface area contributed by atoms with Gasteiger partial charge in [0.15, 0.2) is 11.9 Å². The number of hydrogen-bond acceptors (Lipinski definition) is 4. The van der Waals surface area contributed by atoms with E-state index >= 15 is 0 Å². The molecule has 0 atom stereocenters. The Kier molecular flexibility index (Phi) is 3.71. The Hall–Kier alpha value is -2.59. The Bertz CT molecular complexity index is 791. The van der Waals surface area contributed by atoms with E-state index in [1.807, 2.05) is 36.4 Å². The molecule has 0 spiro atoms. The van der Waals surface area contributed by atoms with E-state index in [1.165, 1.54) is 6.20 Å². The maximum atomic E-state index is 11.2. The second-order valence-electron chi connectivity index (χ2n) is 4.33. The van der Waals surface area contributed by atoms with Crippen LogP contribution in [-0.2, 0) is 4.79 Å². The Morgan fingerprint density at radius 2 is 1.90 bits per heavy atom. The van der Waals surface area contributed by atoms with Crippen molar-refractivity contribution < 1.29 is 9.21 Å². The highest BCUT2D eigenvalue weighted by Gasteiger charge is 2.10. The average Bonchev–Trinajstić information content (AvgIpc) is 2.93. The highest BCUT2D eigenvalue weighted by atomic mass is 35.5. The molecule has 1 heterocycles. The molecule has 0 radical (unpaired) electrons. The van der Waals surface area contributed by atoms with Gasteiger partial charge in [0, 0.05) is 6.20 Å². The van der Waals surface area contributed by atoms with Gasteiger partial charge < -0.3 is 9.73 Å². The maximum Gasteiger partial charge on any atom is 0.232 e. The SMILES string of the molecule is O=C/C(=C\Nc1ccccc1Cl)c1nc2ccccc2o1. The van der Waals surface area contributed by atoms with Gasteiger partial charge in [0.05, 0.1) is 16.3 Å². The Morgan fingerprint density at radius 3 is 2.67 bits per heavy atom. The summed E-state index contributed by atoms with van der Waals surface area (Å²) in [6.45, 7) is 0. The fourth-order valence-corrected chi connectivity index (χ4v) is 2.07. The third-order valence-electron chi connectivity index (χ3n) is 2.92. The van der Waals surface area contributed by atoms with Gasteiger partial charge in [-0.05, 0) is 24.3 Å². The molecule has 104 valence electrons. The predicted molar refractivity (Wildman–Crippen MR) is 83.1 cm³/mol. The topological polar surface area (TPSA) is 55.1 Å². The Balaban J connectivity index is 1.92. The summed E-state index contributed by atoms with van der Waals surface area (Å²) in [7, 11) is 0. The van der Waals surface area contributed by atoms with Gasteiger partial charge in [-0.1, -0.05) is 35.9 Å². The van der Waals surface area contributed by atoms with Crippen molar-refractivity contribution in [1.82, 2.24) is 4.98 Å². The lowest BCUT2D eigenvalue weighted by Crippen LogP contribution is -1.94. The van der Waals surface area contributed by atoms with Crippen molar-refractivity contribution >= 4 is 40.2 Å². The van der Waals surface area contributed by atoms with Gasteiger partial charge in [0.2, 0.25) is 5.89 Å². The lowest BCUT2D eigenvalue weighted by atomic mass is 10.3. The second-order valence-corrected chi connectivity index (χ2v) is 4.74. The number of para-hydroxylation sites is 3. The molecule has 3 rings (SSSR count). The smallest absolute Gasteiger partial charge is 0.232 e. The highest BCUT2D eigenvalue weighted by Crippen LogP contribution is 2.23. The normalized spacial score (nSPS) is 11.6. The number of halogens is 1. The van der Waals surface area contributed by atoms with E-state index in [-0.39, 0.29) is 5.89 Å². The van der Waals surface area contributed by atoms with Gasteiger partial charge in [-0.3, -0.25) is 4.79 Å². The molecule has 2 aromatic carbocycles. The molecule has 0 aliphatic rings. The molecule has 0 saturated carbocycles. The van der Waals surface area contributed by atoms with Crippen LogP contribution in [0.5, 0.6) is 0 Å². The quantitative estimate of drug-likeness (QED) is 0.581. The largest absolute Gasteiger partial charge is 0.436 e. The van der Waals surface area contributed by atoms with Gasteiger partial charge >= 0.3 is 0 Å². The van der Waals surface area contributed by atoms with Crippen LogP contribution in [0, 0.1) is 0 Å². The fraction of sp³-hybridized carbons (Fsp3) is 0. The molecule has 1 aromatic heterocycles. The summed E-state index contributed by atoms with van der Waals surface area (Å²) >= 11 is 6.04. The van der Waals surface area contributed by atoms with E-state index in [0.29, 0.717) is 33.7 Å². The van der Waals surface area contributed by atoms with Gasteiger partial charge in [-0.2, -0.15) is 0 Å². The van der Waals surface area contributed by atoms with Crippen molar-refractivity contribution in [3.05, 3.63) is 65.6 Å². The molecule has 0 amide bonds. The number of nitrogens with zero attached hydrogens (tertiary/aromatic N) is 1. The second kappa shape index (κ2) is 5.81. The van der Waals surface area contributed by atoms with Crippen LogP contribution in [-0.4, -0.2) is 11.3 Å². The summed E-state index contributed by atoms with van der Waals surface area (Å²) in [5.74, 6) is 0.269. The molecular weight excluding hydrogens is 288 g/mol. The molecule has 3 aromatic rings. The molecule has 1 N–H and O–H groups in total. The van der Waals surface area contributed by atoms with Crippen LogP contribution in [0.15, 0.2) is 59.1 Å². The molecule has 5 heteroatoms. The van der Waals surface area contributed by atoms with Crippen molar-refractivity contribution in [2.75, 3.05) is 5.32 Å². The molecular formula is C16H11ClN2O2. The summed E-state index contributed by atoms with van der Waals surface area (Å²) in [5.41, 5.74) is 2.36. The zero-order valence-electron chi connectivity index (χ0n) is 10.9. The van der Waals surface area contributed by atoms with E-state index in [1.54, 1.807) is 12.1 Å². The zero-order chi connectivity index (χ0) is 14.7. The first-order valence-electron chi connectivity index (χ1n) is 6.30. The summed E-state index contributed by atoms with van der Waals surface area (Å²) in [6, 6.07) is 14.6. The first kappa shape index (κ1) is 13.4. The van der Waals surface area contributed by atoms with Crippen LogP contribution in [0.4, 0.5) is 5.69 Å². The first-order chi connectivity index (χ1) is 10.3. The number of oxazole rings is 1. The van der Waals surface area contributed by atoms with E-state index < -0.39 is 0 Å². The number of carbonyl (C=O) groups excluding carboxylic acids is 1. The molecule has 0 fully saturated rings. The first-order valence-corrected chi connectivity index (χ1v) is 6.68. The van der Waals surface area contributed by atoms with Crippen molar-refractivity contribution in [3.8, 4) is 0 Å². The van der Waals surface area contributed by atoms with E-state index in [9.17, 15) is 4.79 Å². The number of fused-ring (bicyclic) bond motifs is 1. The number of benzene rings is 2. The number of hydrogen-bond donors (Lipinski definition) is 1. The van der Waals surface area contributed by atoms with Crippen molar-refractivity contribution in [3.63, 3.8) is 0 Å². The number of aromatic nitrogens is 1. The Labute approximate surface area is 126 Å². The van der Waals surface area contributed by atoms with E-state index in [2.05, 4.69) is 10.3 Å². The monoisotopic (exact) mass is 298 g/mol. The number of aldehydes is 1. The third-order valence-corrected chi connectivity index (χ3v) is 3.25. The number of carbonyl (C=O) groups is 1. The standard InChI is InChI=1S/C16H11ClN2O2/c17-12-5-1-2-6-13(12)18-9-11(10-20)16-19-14-7-3-4-8-15(14)21-16/h1-10,18H/b11-9+. The minimum Gasteiger partial charge on any atom is -0.436 e. The molecule has 0 unspecified atom stereocenters. The third kappa shape index (κ3) is 2.80. The summed E-state index contributed by atoms with van der Waals surface area (Å²) < 4.78 is 5.56. The summed E-state index contributed by atoms with van der Waals surface area (Å²) in [6.07, 6.45) is 2.22. The Morgan fingerprint density at radius 1 is 1.14 bits per heavy atom. The minimum absolute atomic E-state index is 0.269. The minimum atomic E-state index is 0.269. The maximum absolute atomic E-state index is 11.2. The van der Waals surface area contributed by atoms with Crippen molar-refractivity contribution in [1.29, 1.82) is 0 Å². The number of nitrogens with one attached hydrogen (secondary N) is 1. The fourth-order valence-electron chi connectivity index (χ4n) is 1.88. The van der Waals surface area contributed by atoms with Crippen LogP contribution in [0.3, 0.4) is 0 Å². The van der Waals surface area contributed by atoms with Crippen LogP contribution >= 0.6 is 11.6 Å². The van der Waals surface area contributed by atoms with Gasteiger partial charge in [0.1, 0.15) is 5.52 Å². The van der Waals surface area contributed by atoms with E-state index in [0.717, 1.165) is 0 Å². The van der Waals surface area contributed by atoms with Crippen LogP contribution in [0.1, 0.15) is 5.89 Å². The number of rotatable bonds is 4. The van der Waals surface area contributed by atoms with E-state index in [4.69, 9.17) is 16.0 Å². The van der Waals surface area contributed by atoms with Crippen LogP contribution in [0.25, 0.3) is 16.7 Å². The molecule has 0 saturated heterocycles. The molecule has 21 heavy (non-hydrogen) atoms. The lowest BCUT2D eigenvalue weighted by molar-refractivity contribution is -0.103. The molecule has 0 aliphatic carbocycles. The van der Waals surface area contributed by atoms with Crippen molar-refractivity contribution in [2.24, 2.45) is 0 Å². The molecule has 0 aliphatic heterocycles. The van der Waals surface area contributed by atoms with Crippen LogP contribution in [0.2, 0.25) is 5.02 Å². The van der Waals surface area contributed by atoms with Gasteiger partial charge in [-0.15, -0.1) is 0 Å². The van der Waals surface area contributed by atoms with Crippen LogP contribution < -0.4 is 5.32 Å². The lowest BCUT2D eigenvalue weighted by Gasteiger charge is -2.03. The number of allylic oxidation sites excluding steroid dienone is 1. The zero-order valence-corrected chi connectivity index (χ0v) is 11.7. The van der Waals surface area contributed by atoms with Crippen molar-refractivity contribution in [2.45, 2.75) is 0 Å².